The Balaban J connectivity index is 1.48. The van der Waals surface area contributed by atoms with Crippen LogP contribution in [-0.2, 0) is 20.0 Å². The normalized spacial score (nSPS) is 13.6. The van der Waals surface area contributed by atoms with Crippen LogP contribution in [0.3, 0.4) is 0 Å². The molecule has 1 fully saturated rings. The number of hydrogen-bond acceptors (Lipinski definition) is 5. The van der Waals surface area contributed by atoms with Crippen molar-refractivity contribution in [1.29, 1.82) is 0 Å². The van der Waals surface area contributed by atoms with E-state index >= 15 is 0 Å². The Bertz CT molecular complexity index is 943. The van der Waals surface area contributed by atoms with Gasteiger partial charge in [0, 0.05) is 42.5 Å². The Morgan fingerprint density at radius 3 is 2.93 bits per heavy atom. The van der Waals surface area contributed by atoms with Crippen molar-refractivity contribution in [3.05, 3.63) is 48.0 Å². The number of carbonyl (C=O) groups is 1. The molecule has 0 unspecified atom stereocenters. The number of nitrogens with one attached hydrogen (secondary N) is 1. The van der Waals surface area contributed by atoms with Crippen molar-refractivity contribution in [2.24, 2.45) is 7.05 Å². The molecule has 1 N–H and O–H groups in total. The van der Waals surface area contributed by atoms with Crippen molar-refractivity contribution >= 4 is 11.7 Å². The van der Waals surface area contributed by atoms with Gasteiger partial charge in [0.15, 0.2) is 5.82 Å². The first-order valence-electron chi connectivity index (χ1n) is 9.10. The lowest BCUT2D eigenvalue weighted by molar-refractivity contribution is 0.206. The molecule has 0 saturated heterocycles. The molecule has 1 aliphatic carbocycles. The van der Waals surface area contributed by atoms with Gasteiger partial charge in [-0.2, -0.15) is 10.1 Å². The van der Waals surface area contributed by atoms with Gasteiger partial charge in [-0.05, 0) is 31.0 Å². The summed E-state index contributed by atoms with van der Waals surface area (Å²) in [7, 11) is 1.87. The maximum atomic E-state index is 12.8. The molecule has 8 heteroatoms. The first-order chi connectivity index (χ1) is 13.1. The van der Waals surface area contributed by atoms with E-state index in [2.05, 4.69) is 20.6 Å². The number of carbonyl (C=O) groups excluding carboxylic acids is 1. The Morgan fingerprint density at radius 2 is 2.26 bits per heavy atom. The zero-order valence-electron chi connectivity index (χ0n) is 15.4. The van der Waals surface area contributed by atoms with Gasteiger partial charge in [-0.25, -0.2) is 4.79 Å². The number of hydrogen-bond donors (Lipinski definition) is 1. The van der Waals surface area contributed by atoms with Gasteiger partial charge in [-0.1, -0.05) is 18.1 Å². The summed E-state index contributed by atoms with van der Waals surface area (Å²) in [5.41, 5.74) is 2.50. The van der Waals surface area contributed by atoms with Crippen LogP contribution in [0.1, 0.15) is 31.2 Å². The van der Waals surface area contributed by atoms with Crippen molar-refractivity contribution in [3.63, 3.8) is 0 Å². The van der Waals surface area contributed by atoms with E-state index in [4.69, 9.17) is 4.52 Å². The summed E-state index contributed by atoms with van der Waals surface area (Å²) < 4.78 is 7.03. The molecule has 3 aromatic rings. The third-order valence-electron chi connectivity index (χ3n) is 4.50. The molecule has 1 aromatic carbocycles. The summed E-state index contributed by atoms with van der Waals surface area (Å²) in [6.45, 7) is 2.52. The van der Waals surface area contributed by atoms with Gasteiger partial charge in [0.1, 0.15) is 0 Å². The number of nitrogens with zero attached hydrogens (tertiary/aromatic N) is 5. The highest BCUT2D eigenvalue weighted by molar-refractivity contribution is 5.90. The topological polar surface area (TPSA) is 89.1 Å². The van der Waals surface area contributed by atoms with Crippen LogP contribution in [0.5, 0.6) is 0 Å². The minimum atomic E-state index is -0.113. The fourth-order valence-electron chi connectivity index (χ4n) is 2.94. The van der Waals surface area contributed by atoms with Gasteiger partial charge in [0.05, 0.1) is 12.7 Å². The molecule has 140 valence electrons. The molecule has 4 rings (SSSR count). The molecule has 1 aliphatic rings. The van der Waals surface area contributed by atoms with E-state index in [0.717, 1.165) is 24.0 Å². The van der Waals surface area contributed by atoms with E-state index in [1.807, 2.05) is 49.3 Å². The van der Waals surface area contributed by atoms with Crippen LogP contribution < -0.4 is 5.32 Å². The third kappa shape index (κ3) is 3.99. The lowest BCUT2D eigenvalue weighted by Gasteiger charge is -2.22. The van der Waals surface area contributed by atoms with E-state index in [1.165, 1.54) is 0 Å². The van der Waals surface area contributed by atoms with Crippen LogP contribution in [-0.4, -0.2) is 36.9 Å². The van der Waals surface area contributed by atoms with Crippen LogP contribution in [0.15, 0.2) is 41.2 Å². The maximum Gasteiger partial charge on any atom is 0.322 e. The van der Waals surface area contributed by atoms with Crippen LogP contribution in [0.4, 0.5) is 10.5 Å². The standard InChI is InChI=1S/C19H22N6O2/c1-3-17-22-18(27-23-17)14-5-4-6-15(9-14)21-19(26)25(16-7-8-16)12-13-10-20-24(2)11-13/h4-6,9-11,16H,3,7-8,12H2,1-2H3,(H,21,26). The molecule has 2 aromatic heterocycles. The van der Waals surface area contributed by atoms with E-state index in [1.54, 1.807) is 10.9 Å². The summed E-state index contributed by atoms with van der Waals surface area (Å²) in [5.74, 6) is 1.12. The highest BCUT2D eigenvalue weighted by Crippen LogP contribution is 2.29. The van der Waals surface area contributed by atoms with Gasteiger partial charge in [-0.3, -0.25) is 4.68 Å². The fourth-order valence-corrected chi connectivity index (χ4v) is 2.94. The van der Waals surface area contributed by atoms with Crippen molar-refractivity contribution in [2.75, 3.05) is 5.32 Å². The van der Waals surface area contributed by atoms with Crippen molar-refractivity contribution in [2.45, 2.75) is 38.8 Å². The van der Waals surface area contributed by atoms with Gasteiger partial charge in [0.25, 0.3) is 5.89 Å². The lowest BCUT2D eigenvalue weighted by atomic mass is 10.2. The van der Waals surface area contributed by atoms with Gasteiger partial charge in [0.2, 0.25) is 0 Å². The zero-order valence-corrected chi connectivity index (χ0v) is 15.4. The Kier molecular flexibility index (Phi) is 4.62. The largest absolute Gasteiger partial charge is 0.334 e. The van der Waals surface area contributed by atoms with E-state index < -0.39 is 0 Å². The van der Waals surface area contributed by atoms with E-state index in [9.17, 15) is 4.79 Å². The van der Waals surface area contributed by atoms with Gasteiger partial charge >= 0.3 is 6.03 Å². The Morgan fingerprint density at radius 1 is 1.41 bits per heavy atom. The number of anilines is 1. The van der Waals surface area contributed by atoms with E-state index in [0.29, 0.717) is 30.4 Å². The second-order valence-corrected chi connectivity index (χ2v) is 6.76. The van der Waals surface area contributed by atoms with Gasteiger partial charge < -0.3 is 14.7 Å². The Hall–Kier alpha value is -3.16. The fraction of sp³-hybridized carbons (Fsp3) is 0.368. The smallest absolute Gasteiger partial charge is 0.322 e. The van der Waals surface area contributed by atoms with E-state index in [-0.39, 0.29) is 12.1 Å². The van der Waals surface area contributed by atoms with Crippen LogP contribution in [0.2, 0.25) is 0 Å². The summed E-state index contributed by atoms with van der Waals surface area (Å²) in [5, 5.41) is 11.1. The molecule has 27 heavy (non-hydrogen) atoms. The molecule has 0 bridgehead atoms. The molecule has 2 heterocycles. The number of aryl methyl sites for hydroxylation is 2. The maximum absolute atomic E-state index is 12.8. The summed E-state index contributed by atoms with van der Waals surface area (Å²) in [4.78, 5) is 19.0. The van der Waals surface area contributed by atoms with Crippen molar-refractivity contribution in [1.82, 2.24) is 24.8 Å². The first kappa shape index (κ1) is 17.3. The van der Waals surface area contributed by atoms with Crippen LogP contribution in [0.25, 0.3) is 11.5 Å². The number of amides is 2. The molecular formula is C19H22N6O2. The molecule has 0 radical (unpaired) electrons. The minimum absolute atomic E-state index is 0.113. The molecule has 0 aliphatic heterocycles. The first-order valence-corrected chi connectivity index (χ1v) is 9.10. The molecule has 0 spiro atoms. The third-order valence-corrected chi connectivity index (χ3v) is 4.50. The number of rotatable bonds is 6. The highest BCUT2D eigenvalue weighted by atomic mass is 16.5. The highest BCUT2D eigenvalue weighted by Gasteiger charge is 2.33. The quantitative estimate of drug-likeness (QED) is 0.723. The molecule has 8 nitrogen and oxygen atoms in total. The second-order valence-electron chi connectivity index (χ2n) is 6.76. The van der Waals surface area contributed by atoms with Crippen molar-refractivity contribution in [3.8, 4) is 11.5 Å². The monoisotopic (exact) mass is 366 g/mol. The lowest BCUT2D eigenvalue weighted by Crippen LogP contribution is -2.36. The van der Waals surface area contributed by atoms with Gasteiger partial charge in [-0.15, -0.1) is 0 Å². The molecule has 0 atom stereocenters. The number of urea groups is 1. The summed E-state index contributed by atoms with van der Waals surface area (Å²) in [6.07, 6.45) is 6.52. The second kappa shape index (κ2) is 7.22. The van der Waals surface area contributed by atoms with Crippen molar-refractivity contribution < 1.29 is 9.32 Å². The average Bonchev–Trinajstić information content (AvgIpc) is 3.24. The number of benzene rings is 1. The minimum Gasteiger partial charge on any atom is -0.334 e. The Labute approximate surface area is 157 Å². The van der Waals surface area contributed by atoms with Crippen LogP contribution in [0, 0.1) is 0 Å². The predicted molar refractivity (Wildman–Crippen MR) is 99.9 cm³/mol. The average molecular weight is 366 g/mol. The SMILES string of the molecule is CCc1noc(-c2cccc(NC(=O)N(Cc3cnn(C)c3)C3CC3)c2)n1. The number of aromatic nitrogens is 4. The van der Waals surface area contributed by atoms with Crippen LogP contribution >= 0.6 is 0 Å². The molecule has 1 saturated carbocycles. The molecular weight excluding hydrogens is 344 g/mol. The molecule has 2 amide bonds. The summed E-state index contributed by atoms with van der Waals surface area (Å²) >= 11 is 0. The predicted octanol–water partition coefficient (Wildman–Crippen LogP) is 3.23. The summed E-state index contributed by atoms with van der Waals surface area (Å²) in [6, 6.07) is 7.63. The zero-order chi connectivity index (χ0) is 18.8.